The van der Waals surface area contributed by atoms with Crippen LogP contribution >= 0.6 is 0 Å². The van der Waals surface area contributed by atoms with E-state index in [-0.39, 0.29) is 34.0 Å². The highest BCUT2D eigenvalue weighted by molar-refractivity contribution is 5.88. The van der Waals surface area contributed by atoms with Gasteiger partial charge in [0.25, 0.3) is 0 Å². The van der Waals surface area contributed by atoms with E-state index in [0.717, 1.165) is 0 Å². The Kier molecular flexibility index (Phi) is 6.64. The third-order valence-electron chi connectivity index (χ3n) is 5.56. The molecule has 0 amide bonds. The molecule has 2 aromatic carbocycles. The van der Waals surface area contributed by atoms with Crippen LogP contribution in [0.2, 0.25) is 0 Å². The van der Waals surface area contributed by atoms with Crippen LogP contribution in [0.1, 0.15) is 0 Å². The van der Waals surface area contributed by atoms with Gasteiger partial charge < -0.3 is 48.9 Å². The van der Waals surface area contributed by atoms with Crippen LogP contribution in [0.3, 0.4) is 0 Å². The molecule has 0 spiro atoms. The quantitative estimate of drug-likeness (QED) is 0.333. The smallest absolute Gasteiger partial charge is 0.239 e. The number of hydrogen-bond donors (Lipinski definition) is 5. The third kappa shape index (κ3) is 4.15. The van der Waals surface area contributed by atoms with Gasteiger partial charge in [-0.2, -0.15) is 0 Å². The number of ether oxygens (including phenoxy) is 4. The lowest BCUT2D eigenvalue weighted by Gasteiger charge is -2.39. The summed E-state index contributed by atoms with van der Waals surface area (Å²) >= 11 is 0. The number of hydrogen-bond acceptors (Lipinski definition) is 11. The van der Waals surface area contributed by atoms with E-state index < -0.39 is 42.7 Å². The molecule has 0 radical (unpaired) electrons. The zero-order valence-electron chi connectivity index (χ0n) is 18.2. The van der Waals surface area contributed by atoms with Gasteiger partial charge in [-0.1, -0.05) is 0 Å². The first kappa shape index (κ1) is 23.8. The lowest BCUT2D eigenvalue weighted by Crippen LogP contribution is -2.60. The van der Waals surface area contributed by atoms with Crippen molar-refractivity contribution in [1.82, 2.24) is 0 Å². The van der Waals surface area contributed by atoms with Gasteiger partial charge in [-0.25, -0.2) is 0 Å². The molecule has 1 saturated heterocycles. The van der Waals surface area contributed by atoms with Gasteiger partial charge in [0.1, 0.15) is 52.6 Å². The van der Waals surface area contributed by atoms with Crippen molar-refractivity contribution in [2.75, 3.05) is 20.8 Å². The number of benzene rings is 2. The Bertz CT molecular complexity index is 1220. The van der Waals surface area contributed by atoms with E-state index >= 15 is 0 Å². The largest absolute Gasteiger partial charge is 0.507 e. The molecule has 5 atom stereocenters. The summed E-state index contributed by atoms with van der Waals surface area (Å²) in [7, 11) is 2.72. The number of phenols is 1. The maximum Gasteiger partial charge on any atom is 0.239 e. The van der Waals surface area contributed by atoms with E-state index in [9.17, 15) is 30.3 Å². The first-order chi connectivity index (χ1) is 16.3. The van der Waals surface area contributed by atoms with Gasteiger partial charge in [0.05, 0.1) is 20.8 Å². The molecular weight excluding hydrogens is 452 g/mol. The fourth-order valence-electron chi connectivity index (χ4n) is 3.73. The molecule has 3 aromatic rings. The van der Waals surface area contributed by atoms with Gasteiger partial charge in [-0.15, -0.1) is 0 Å². The van der Waals surface area contributed by atoms with Gasteiger partial charge in [0.2, 0.25) is 17.5 Å². The van der Waals surface area contributed by atoms with Crippen LogP contribution in [0, 0.1) is 0 Å². The molecule has 0 saturated carbocycles. The molecule has 4 rings (SSSR count). The number of methoxy groups -OCH3 is 2. The van der Waals surface area contributed by atoms with Crippen LogP contribution in [0.15, 0.2) is 45.6 Å². The van der Waals surface area contributed by atoms with Crippen molar-refractivity contribution in [3.8, 4) is 34.3 Å². The lowest BCUT2D eigenvalue weighted by molar-refractivity contribution is -0.277. The highest BCUT2D eigenvalue weighted by Crippen LogP contribution is 2.36. The Hall–Kier alpha value is -3.35. The first-order valence-corrected chi connectivity index (χ1v) is 10.3. The molecule has 1 aliphatic rings. The van der Waals surface area contributed by atoms with Gasteiger partial charge in [-0.3, -0.25) is 4.79 Å². The van der Waals surface area contributed by atoms with Crippen LogP contribution in [-0.2, 0) is 4.74 Å². The maximum atomic E-state index is 12.9. The Balaban J connectivity index is 1.66. The zero-order chi connectivity index (χ0) is 24.6. The van der Waals surface area contributed by atoms with Crippen LogP contribution in [0.5, 0.6) is 23.0 Å². The van der Waals surface area contributed by atoms with Gasteiger partial charge in [0, 0.05) is 17.7 Å². The summed E-state index contributed by atoms with van der Waals surface area (Å²) in [6, 6.07) is 8.89. The second kappa shape index (κ2) is 9.49. The zero-order valence-corrected chi connectivity index (χ0v) is 18.2. The summed E-state index contributed by atoms with van der Waals surface area (Å²) in [6.45, 7) is -0.578. The monoisotopic (exact) mass is 476 g/mol. The molecule has 1 aliphatic heterocycles. The van der Waals surface area contributed by atoms with E-state index in [1.165, 1.54) is 38.5 Å². The van der Waals surface area contributed by atoms with Gasteiger partial charge >= 0.3 is 0 Å². The molecule has 2 heterocycles. The molecule has 5 N–H and O–H groups in total. The average molecular weight is 476 g/mol. The van der Waals surface area contributed by atoms with E-state index in [0.29, 0.717) is 11.3 Å². The van der Waals surface area contributed by atoms with Crippen LogP contribution in [0.4, 0.5) is 0 Å². The van der Waals surface area contributed by atoms with Gasteiger partial charge in [0.15, 0.2) is 5.76 Å². The number of aliphatic hydroxyl groups excluding tert-OH is 4. The summed E-state index contributed by atoms with van der Waals surface area (Å²) < 4.78 is 27.2. The van der Waals surface area contributed by atoms with Crippen LogP contribution in [0.25, 0.3) is 22.3 Å². The molecule has 11 heteroatoms. The minimum atomic E-state index is -1.57. The van der Waals surface area contributed by atoms with Crippen molar-refractivity contribution in [2.24, 2.45) is 0 Å². The van der Waals surface area contributed by atoms with E-state index in [1.54, 1.807) is 12.1 Å². The Labute approximate surface area is 192 Å². The van der Waals surface area contributed by atoms with E-state index in [4.69, 9.17) is 23.4 Å². The highest BCUT2D eigenvalue weighted by atomic mass is 16.7. The molecule has 11 nitrogen and oxygen atoms in total. The number of aromatic hydroxyl groups is 1. The molecule has 0 bridgehead atoms. The highest BCUT2D eigenvalue weighted by Gasteiger charge is 2.44. The predicted molar refractivity (Wildman–Crippen MR) is 117 cm³/mol. The first-order valence-electron chi connectivity index (χ1n) is 10.3. The summed E-state index contributed by atoms with van der Waals surface area (Å²) in [6.07, 6.45) is -7.07. The number of phenolic OH excluding ortho intramolecular Hbond substituents is 1. The summed E-state index contributed by atoms with van der Waals surface area (Å²) in [5.74, 6) is 0.209. The minimum absolute atomic E-state index is 0.0519. The lowest BCUT2D eigenvalue weighted by atomic mass is 9.99. The summed E-state index contributed by atoms with van der Waals surface area (Å²) in [5, 5.41) is 49.4. The molecule has 34 heavy (non-hydrogen) atoms. The minimum Gasteiger partial charge on any atom is -0.507 e. The van der Waals surface area contributed by atoms with Crippen molar-refractivity contribution in [3.63, 3.8) is 0 Å². The Morgan fingerprint density at radius 1 is 0.941 bits per heavy atom. The van der Waals surface area contributed by atoms with Gasteiger partial charge in [-0.05, 0) is 24.3 Å². The second-order valence-corrected chi connectivity index (χ2v) is 7.65. The average Bonchev–Trinajstić information content (AvgIpc) is 2.84. The molecule has 1 fully saturated rings. The van der Waals surface area contributed by atoms with E-state index in [1.807, 2.05) is 0 Å². The topological polar surface area (TPSA) is 168 Å². The molecule has 3 unspecified atom stereocenters. The van der Waals surface area contributed by atoms with Crippen molar-refractivity contribution < 1.29 is 48.9 Å². The van der Waals surface area contributed by atoms with Crippen molar-refractivity contribution in [3.05, 3.63) is 46.6 Å². The van der Waals surface area contributed by atoms with Crippen LogP contribution < -0.4 is 19.6 Å². The SMILES string of the molecule is COc1cc(O)c2c(=O)c(OC)c(-c3ccc(O[C@@H]4OC(CO)[C@@H](O)C(O)C4O)cc3)oc2c1. The Morgan fingerprint density at radius 2 is 1.65 bits per heavy atom. The number of fused-ring (bicyclic) bond motifs is 1. The van der Waals surface area contributed by atoms with Crippen LogP contribution in [-0.4, -0.2) is 77.1 Å². The number of aliphatic hydroxyl groups is 4. The molecule has 0 aliphatic carbocycles. The Morgan fingerprint density at radius 3 is 2.26 bits per heavy atom. The predicted octanol–water partition coefficient (Wildman–Crippen LogP) is 0.361. The fourth-order valence-corrected chi connectivity index (χ4v) is 3.73. The normalized spacial score (nSPS) is 24.7. The summed E-state index contributed by atoms with van der Waals surface area (Å²) in [4.78, 5) is 12.9. The summed E-state index contributed by atoms with van der Waals surface area (Å²) in [5.41, 5.74) is -0.0286. The van der Waals surface area contributed by atoms with Crippen molar-refractivity contribution >= 4 is 11.0 Å². The molecule has 182 valence electrons. The maximum absolute atomic E-state index is 12.9. The third-order valence-corrected chi connectivity index (χ3v) is 5.56. The fraction of sp³-hybridized carbons (Fsp3) is 0.348. The second-order valence-electron chi connectivity index (χ2n) is 7.65. The van der Waals surface area contributed by atoms with E-state index in [2.05, 4.69) is 0 Å². The standard InChI is InChI=1S/C23H24O11/c1-30-12-7-13(25)16-14(8-12)33-21(22(31-2)18(16)27)10-3-5-11(6-4-10)32-23-20(29)19(28)17(26)15(9-24)34-23/h3-8,15,17,19-20,23-26,28-29H,9H2,1-2H3/t15?,17-,19?,20?,23-/m1/s1. The molecular formula is C23H24O11. The van der Waals surface area contributed by atoms with Crippen molar-refractivity contribution in [1.29, 1.82) is 0 Å². The molecule has 1 aromatic heterocycles. The number of rotatable bonds is 6. The van der Waals surface area contributed by atoms with Crippen molar-refractivity contribution in [2.45, 2.75) is 30.7 Å².